The van der Waals surface area contributed by atoms with Crippen molar-refractivity contribution in [2.75, 3.05) is 23.4 Å². The average Bonchev–Trinajstić information content (AvgIpc) is 3.27. The van der Waals surface area contributed by atoms with Gasteiger partial charge in [0, 0.05) is 25.2 Å². The molecule has 0 aliphatic carbocycles. The maximum Gasteiger partial charge on any atom is 0.235 e. The molecule has 0 radical (unpaired) electrons. The van der Waals surface area contributed by atoms with Crippen molar-refractivity contribution in [3.8, 4) is 0 Å². The second kappa shape index (κ2) is 14.6. The first-order valence-corrected chi connectivity index (χ1v) is 13.4. The summed E-state index contributed by atoms with van der Waals surface area (Å²) < 4.78 is 32.4. The molecule has 0 fully saturated rings. The largest absolute Gasteiger partial charge is 0.390 e. The molecule has 38 heavy (non-hydrogen) atoms. The lowest BCUT2D eigenvalue weighted by molar-refractivity contribution is -0.120. The van der Waals surface area contributed by atoms with Crippen molar-refractivity contribution >= 4 is 29.4 Å². The van der Waals surface area contributed by atoms with Gasteiger partial charge in [-0.05, 0) is 48.6 Å². The summed E-state index contributed by atoms with van der Waals surface area (Å²) in [5.41, 5.74) is 2.56. The Bertz CT molecular complexity index is 1200. The molecule has 11 heteroatoms. The normalized spacial score (nSPS) is 12.7. The van der Waals surface area contributed by atoms with E-state index in [0.717, 1.165) is 29.8 Å². The van der Waals surface area contributed by atoms with E-state index in [1.165, 1.54) is 17.7 Å². The lowest BCUT2D eigenvalue weighted by Gasteiger charge is -2.25. The van der Waals surface area contributed by atoms with Gasteiger partial charge in [-0.25, -0.2) is 8.78 Å². The number of benzene rings is 2. The number of aromatic nitrogens is 1. The van der Waals surface area contributed by atoms with Crippen LogP contribution in [0.15, 0.2) is 53.1 Å². The zero-order valence-corrected chi connectivity index (χ0v) is 22.1. The molecule has 4 N–H and O–H groups in total. The van der Waals surface area contributed by atoms with E-state index in [4.69, 9.17) is 4.52 Å². The fourth-order valence-electron chi connectivity index (χ4n) is 3.82. The Morgan fingerprint density at radius 3 is 2.42 bits per heavy atom. The number of aryl methyl sites for hydroxylation is 2. The van der Waals surface area contributed by atoms with Crippen LogP contribution in [0.25, 0.3) is 0 Å². The van der Waals surface area contributed by atoms with Gasteiger partial charge >= 0.3 is 0 Å². The molecule has 0 spiro atoms. The smallest absolute Gasteiger partial charge is 0.235 e. The molecule has 1 aromatic heterocycles. The van der Waals surface area contributed by atoms with Crippen LogP contribution < -0.4 is 16.0 Å². The van der Waals surface area contributed by atoms with Gasteiger partial charge < -0.3 is 25.6 Å². The summed E-state index contributed by atoms with van der Waals surface area (Å²) in [4.78, 5) is 24.7. The molecular weight excluding hydrogens is 514 g/mol. The Morgan fingerprint density at radius 2 is 1.74 bits per heavy atom. The molecule has 0 aliphatic heterocycles. The minimum atomic E-state index is -1.04. The highest BCUT2D eigenvalue weighted by molar-refractivity contribution is 8.00. The van der Waals surface area contributed by atoms with Crippen molar-refractivity contribution in [3.05, 3.63) is 82.6 Å². The van der Waals surface area contributed by atoms with Gasteiger partial charge in [0.1, 0.15) is 17.4 Å². The predicted octanol–water partition coefficient (Wildman–Crippen LogP) is 3.37. The van der Waals surface area contributed by atoms with Crippen LogP contribution in [0.5, 0.6) is 0 Å². The van der Waals surface area contributed by atoms with Crippen LogP contribution in [-0.2, 0) is 29.0 Å². The van der Waals surface area contributed by atoms with E-state index in [1.54, 1.807) is 13.0 Å². The summed E-state index contributed by atoms with van der Waals surface area (Å²) >= 11 is 1.08. The molecule has 8 nitrogen and oxygen atoms in total. The highest BCUT2D eigenvalue weighted by Crippen LogP contribution is 2.13. The molecule has 0 unspecified atom stereocenters. The van der Waals surface area contributed by atoms with Gasteiger partial charge in [0.15, 0.2) is 5.82 Å². The van der Waals surface area contributed by atoms with Crippen molar-refractivity contribution in [2.45, 2.75) is 45.4 Å². The van der Waals surface area contributed by atoms with Gasteiger partial charge in [0.25, 0.3) is 0 Å². The molecule has 3 aromatic rings. The van der Waals surface area contributed by atoms with Crippen LogP contribution >= 0.6 is 11.8 Å². The highest BCUT2D eigenvalue weighted by atomic mass is 32.2. The summed E-state index contributed by atoms with van der Waals surface area (Å²) in [5.74, 6) is -1.45. The van der Waals surface area contributed by atoms with E-state index in [-0.39, 0.29) is 36.2 Å². The molecule has 1 heterocycles. The van der Waals surface area contributed by atoms with E-state index in [2.05, 4.69) is 34.1 Å². The number of anilines is 1. The van der Waals surface area contributed by atoms with Crippen LogP contribution in [0, 0.1) is 18.6 Å². The molecule has 204 valence electrons. The second-order valence-corrected chi connectivity index (χ2v) is 9.88. The first kappa shape index (κ1) is 29.3. The maximum absolute atomic E-state index is 13.7. The second-order valence-electron chi connectivity index (χ2n) is 8.89. The Hall–Kier alpha value is -3.28. The van der Waals surface area contributed by atoms with E-state index < -0.39 is 29.7 Å². The van der Waals surface area contributed by atoms with Gasteiger partial charge in [-0.3, -0.25) is 9.59 Å². The molecule has 0 aliphatic rings. The summed E-state index contributed by atoms with van der Waals surface area (Å²) in [6, 6.07) is 11.9. The third-order valence-electron chi connectivity index (χ3n) is 5.63. The number of thioether (sulfide) groups is 1. The number of carbonyl (C=O) groups excluding carboxylic acids is 2. The number of amides is 2. The number of nitrogens with zero attached hydrogens (tertiary/aromatic N) is 1. The Morgan fingerprint density at radius 1 is 1.03 bits per heavy atom. The predicted molar refractivity (Wildman–Crippen MR) is 143 cm³/mol. The number of halogens is 2. The fraction of sp³-hybridized carbons (Fsp3) is 0.370. The summed E-state index contributed by atoms with van der Waals surface area (Å²) in [6.45, 7) is 4.42. The Balaban J connectivity index is 1.54. The first-order valence-electron chi connectivity index (χ1n) is 12.2. The summed E-state index contributed by atoms with van der Waals surface area (Å²) in [5, 5.41) is 23.0. The lowest BCUT2D eigenvalue weighted by Crippen LogP contribution is -2.49. The quantitative estimate of drug-likeness (QED) is 0.245. The Labute approximate surface area is 224 Å². The van der Waals surface area contributed by atoms with E-state index in [1.807, 2.05) is 18.2 Å². The average molecular weight is 547 g/mol. The minimum absolute atomic E-state index is 0.0000347. The molecule has 0 bridgehead atoms. The van der Waals surface area contributed by atoms with Crippen LogP contribution in [-0.4, -0.2) is 52.3 Å². The van der Waals surface area contributed by atoms with Gasteiger partial charge in [0.2, 0.25) is 11.8 Å². The molecule has 0 saturated carbocycles. The third-order valence-corrected chi connectivity index (χ3v) is 6.57. The van der Waals surface area contributed by atoms with Crippen molar-refractivity contribution in [1.29, 1.82) is 0 Å². The van der Waals surface area contributed by atoms with Gasteiger partial charge in [0.05, 0.1) is 23.7 Å². The Kier molecular flexibility index (Phi) is 11.3. The number of hydrogen-bond acceptors (Lipinski definition) is 7. The number of hydrogen-bond donors (Lipinski definition) is 4. The molecule has 2 aromatic carbocycles. The van der Waals surface area contributed by atoms with Crippen molar-refractivity contribution in [2.24, 2.45) is 0 Å². The summed E-state index contributed by atoms with van der Waals surface area (Å²) in [7, 11) is 0. The van der Waals surface area contributed by atoms with Gasteiger partial charge in [-0.1, -0.05) is 36.3 Å². The number of aliphatic hydroxyl groups excluding tert-OH is 1. The third kappa shape index (κ3) is 9.88. The standard InChI is InChI=1S/C27H32F2N4O4S/c1-3-18-5-4-6-19(8-18)13-30-14-24(34)23(11-20-9-21(28)12-22(29)10-20)31-26(35)15-38-16-27(36)32-25-7-17(2)37-33-25/h4-10,12,23-24,30,34H,3,11,13-16H2,1-2H3,(H,31,35)(H,32,33,36)/t23-,24-/m0/s1. The fourth-order valence-corrected chi connectivity index (χ4v) is 4.45. The highest BCUT2D eigenvalue weighted by Gasteiger charge is 2.22. The lowest BCUT2D eigenvalue weighted by atomic mass is 10.0. The van der Waals surface area contributed by atoms with Gasteiger partial charge in [-0.2, -0.15) is 0 Å². The maximum atomic E-state index is 13.7. The monoisotopic (exact) mass is 546 g/mol. The topological polar surface area (TPSA) is 116 Å². The molecule has 0 saturated heterocycles. The van der Waals surface area contributed by atoms with Crippen molar-refractivity contribution in [1.82, 2.24) is 15.8 Å². The van der Waals surface area contributed by atoms with Crippen LogP contribution in [0.4, 0.5) is 14.6 Å². The zero-order valence-electron chi connectivity index (χ0n) is 21.3. The van der Waals surface area contributed by atoms with Crippen LogP contribution in [0.3, 0.4) is 0 Å². The molecular formula is C27H32F2N4O4S. The number of aliphatic hydroxyl groups is 1. The van der Waals surface area contributed by atoms with Crippen molar-refractivity contribution in [3.63, 3.8) is 0 Å². The SMILES string of the molecule is CCc1cccc(CNC[C@H](O)[C@H](Cc2cc(F)cc(F)c2)NC(=O)CSCC(=O)Nc2cc(C)on2)c1. The van der Waals surface area contributed by atoms with Gasteiger partial charge in [-0.15, -0.1) is 11.8 Å². The van der Waals surface area contributed by atoms with Crippen molar-refractivity contribution < 1.29 is 28.0 Å². The molecule has 2 atom stereocenters. The number of carbonyl (C=O) groups is 2. The van der Waals surface area contributed by atoms with Crippen LogP contribution in [0.2, 0.25) is 0 Å². The number of nitrogens with one attached hydrogen (secondary N) is 3. The van der Waals surface area contributed by atoms with Crippen LogP contribution in [0.1, 0.15) is 29.4 Å². The number of rotatable bonds is 14. The first-order chi connectivity index (χ1) is 18.2. The van der Waals surface area contributed by atoms with E-state index in [9.17, 15) is 23.5 Å². The summed E-state index contributed by atoms with van der Waals surface area (Å²) in [6.07, 6.45) is -0.108. The van der Waals surface area contributed by atoms with E-state index >= 15 is 0 Å². The molecule has 3 rings (SSSR count). The van der Waals surface area contributed by atoms with E-state index in [0.29, 0.717) is 17.9 Å². The molecule has 2 amide bonds. The zero-order chi connectivity index (χ0) is 27.5. The minimum Gasteiger partial charge on any atom is -0.390 e.